The van der Waals surface area contributed by atoms with Crippen LogP contribution in [0.4, 0.5) is 5.69 Å². The highest BCUT2D eigenvalue weighted by molar-refractivity contribution is 7.21. The van der Waals surface area contributed by atoms with E-state index in [1.165, 1.54) is 11.3 Å². The van der Waals surface area contributed by atoms with E-state index in [1.807, 2.05) is 32.0 Å². The van der Waals surface area contributed by atoms with Gasteiger partial charge in [-0.1, -0.05) is 6.92 Å². The summed E-state index contributed by atoms with van der Waals surface area (Å²) in [6, 6.07) is 5.84. The molecule has 0 spiro atoms. The van der Waals surface area contributed by atoms with Gasteiger partial charge in [0.1, 0.15) is 22.9 Å². The summed E-state index contributed by atoms with van der Waals surface area (Å²) in [6.07, 6.45) is 0.865. The second-order valence-electron chi connectivity index (χ2n) is 6.16. The zero-order valence-corrected chi connectivity index (χ0v) is 14.9. The number of hydrogen-bond donors (Lipinski definition) is 2. The number of benzene rings is 1. The molecule has 1 aliphatic heterocycles. The lowest BCUT2D eigenvalue weighted by atomic mass is 10.1. The van der Waals surface area contributed by atoms with E-state index in [2.05, 4.69) is 10.3 Å². The molecule has 7 heteroatoms. The van der Waals surface area contributed by atoms with Crippen molar-refractivity contribution in [1.29, 1.82) is 0 Å². The van der Waals surface area contributed by atoms with Gasteiger partial charge in [0.25, 0.3) is 5.91 Å². The summed E-state index contributed by atoms with van der Waals surface area (Å²) in [7, 11) is 0. The average molecular weight is 357 g/mol. The summed E-state index contributed by atoms with van der Waals surface area (Å²) in [5, 5.41) is 4.66. The van der Waals surface area contributed by atoms with Gasteiger partial charge in [-0.25, -0.2) is 4.98 Å². The van der Waals surface area contributed by atoms with Crippen LogP contribution < -0.4 is 20.5 Å². The van der Waals surface area contributed by atoms with Gasteiger partial charge in [0.2, 0.25) is 0 Å². The minimum Gasteiger partial charge on any atom is -0.486 e. The lowest BCUT2D eigenvalue weighted by molar-refractivity contribution is 0.0944. The monoisotopic (exact) mass is 357 g/mol. The van der Waals surface area contributed by atoms with Gasteiger partial charge < -0.3 is 20.5 Å². The van der Waals surface area contributed by atoms with E-state index >= 15 is 0 Å². The van der Waals surface area contributed by atoms with E-state index < -0.39 is 0 Å². The van der Waals surface area contributed by atoms with E-state index in [0.29, 0.717) is 35.3 Å². The molecule has 3 heterocycles. The maximum absolute atomic E-state index is 12.5. The first-order valence-electron chi connectivity index (χ1n) is 8.30. The highest BCUT2D eigenvalue weighted by Crippen LogP contribution is 2.38. The molecule has 0 saturated heterocycles. The predicted octanol–water partition coefficient (Wildman–Crippen LogP) is 3.33. The summed E-state index contributed by atoms with van der Waals surface area (Å²) >= 11 is 1.32. The number of hydrogen-bond acceptors (Lipinski definition) is 6. The second kappa shape index (κ2) is 6.07. The Balaban J connectivity index is 1.82. The van der Waals surface area contributed by atoms with Gasteiger partial charge in [0, 0.05) is 22.9 Å². The van der Waals surface area contributed by atoms with Crippen molar-refractivity contribution in [3.8, 4) is 11.5 Å². The third-order valence-corrected chi connectivity index (χ3v) is 5.49. The topological polar surface area (TPSA) is 86.5 Å². The largest absolute Gasteiger partial charge is 0.486 e. The molecule has 130 valence electrons. The molecular weight excluding hydrogens is 338 g/mol. The molecule has 6 nitrogen and oxygen atoms in total. The van der Waals surface area contributed by atoms with Crippen LogP contribution in [-0.2, 0) is 0 Å². The minimum absolute atomic E-state index is 0.102. The maximum Gasteiger partial charge on any atom is 0.263 e. The Kier molecular flexibility index (Phi) is 3.88. The molecule has 3 N–H and O–H groups in total. The van der Waals surface area contributed by atoms with E-state index in [-0.39, 0.29) is 11.9 Å². The Morgan fingerprint density at radius 3 is 2.76 bits per heavy atom. The molecule has 1 aliphatic rings. The Morgan fingerprint density at radius 1 is 1.32 bits per heavy atom. The first-order valence-corrected chi connectivity index (χ1v) is 9.11. The molecule has 0 aliphatic carbocycles. The number of rotatable bonds is 3. The Hall–Kier alpha value is -2.54. The van der Waals surface area contributed by atoms with Crippen LogP contribution in [-0.4, -0.2) is 30.1 Å². The lowest BCUT2D eigenvalue weighted by Crippen LogP contribution is -2.31. The molecule has 1 aromatic carbocycles. The van der Waals surface area contributed by atoms with Crippen LogP contribution in [0.3, 0.4) is 0 Å². The maximum atomic E-state index is 12.5. The minimum atomic E-state index is -0.148. The number of ether oxygens (including phenoxy) is 2. The van der Waals surface area contributed by atoms with Crippen LogP contribution in [0, 0.1) is 0 Å². The fraction of sp³-hybridized carbons (Fsp3) is 0.333. The van der Waals surface area contributed by atoms with E-state index in [0.717, 1.165) is 27.5 Å². The molecular formula is C18H19N3O3S. The van der Waals surface area contributed by atoms with Crippen LogP contribution in [0.1, 0.15) is 29.9 Å². The molecule has 0 fully saturated rings. The van der Waals surface area contributed by atoms with Crippen molar-refractivity contribution in [3.05, 3.63) is 23.1 Å². The van der Waals surface area contributed by atoms with Crippen molar-refractivity contribution in [2.24, 2.45) is 0 Å². The first kappa shape index (κ1) is 16.0. The van der Waals surface area contributed by atoms with Gasteiger partial charge in [0.15, 0.2) is 11.5 Å². The standard InChI is InChI=1S/C18H19N3O3S/c1-3-9(2)20-17(22)16-15(19)11-6-10-7-13-14(24-5-4-23-13)8-12(10)21-18(11)25-16/h6-9H,3-5,19H2,1-2H3,(H,20,22). The van der Waals surface area contributed by atoms with Gasteiger partial charge in [-0.05, 0) is 25.5 Å². The molecule has 4 rings (SSSR count). The third kappa shape index (κ3) is 2.74. The van der Waals surface area contributed by atoms with Crippen LogP contribution in [0.5, 0.6) is 11.5 Å². The number of nitrogens with two attached hydrogens (primary N) is 1. The number of carbonyl (C=O) groups is 1. The zero-order chi connectivity index (χ0) is 17.6. The summed E-state index contributed by atoms with van der Waals surface area (Å²) < 4.78 is 11.2. The number of carbonyl (C=O) groups excluding carboxylic acids is 1. The molecule has 0 bridgehead atoms. The summed E-state index contributed by atoms with van der Waals surface area (Å²) in [5.41, 5.74) is 7.51. The van der Waals surface area contributed by atoms with Crippen molar-refractivity contribution < 1.29 is 14.3 Å². The highest BCUT2D eigenvalue weighted by Gasteiger charge is 2.20. The average Bonchev–Trinajstić information content (AvgIpc) is 2.94. The number of amides is 1. The van der Waals surface area contributed by atoms with Crippen LogP contribution in [0.2, 0.25) is 0 Å². The SMILES string of the molecule is CCC(C)NC(=O)c1sc2nc3cc4c(cc3cc2c1N)OCCO4. The second-order valence-corrected chi connectivity index (χ2v) is 7.16. The van der Waals surface area contributed by atoms with Crippen molar-refractivity contribution in [2.45, 2.75) is 26.3 Å². The number of aromatic nitrogens is 1. The van der Waals surface area contributed by atoms with Crippen molar-refractivity contribution in [3.63, 3.8) is 0 Å². The number of fused-ring (bicyclic) bond motifs is 3. The first-order chi connectivity index (χ1) is 12.1. The number of anilines is 1. The molecule has 2 aromatic heterocycles. The third-order valence-electron chi connectivity index (χ3n) is 4.37. The van der Waals surface area contributed by atoms with Crippen LogP contribution in [0.25, 0.3) is 21.1 Å². The molecule has 3 aromatic rings. The quantitative estimate of drug-likeness (QED) is 0.751. The number of nitrogens with one attached hydrogen (secondary N) is 1. The van der Waals surface area contributed by atoms with Crippen LogP contribution >= 0.6 is 11.3 Å². The molecule has 1 atom stereocenters. The fourth-order valence-electron chi connectivity index (χ4n) is 2.80. The molecule has 25 heavy (non-hydrogen) atoms. The molecule has 0 radical (unpaired) electrons. The summed E-state index contributed by atoms with van der Waals surface area (Å²) in [4.78, 5) is 18.4. The highest BCUT2D eigenvalue weighted by atomic mass is 32.1. The molecule has 0 saturated carbocycles. The molecule has 1 amide bonds. The van der Waals surface area contributed by atoms with Crippen LogP contribution in [0.15, 0.2) is 18.2 Å². The van der Waals surface area contributed by atoms with Crippen molar-refractivity contribution >= 4 is 44.1 Å². The Bertz CT molecular complexity index is 983. The smallest absolute Gasteiger partial charge is 0.263 e. The predicted molar refractivity (Wildman–Crippen MR) is 99.7 cm³/mol. The number of nitrogens with zero attached hydrogens (tertiary/aromatic N) is 1. The van der Waals surface area contributed by atoms with E-state index in [1.54, 1.807) is 0 Å². The molecule has 1 unspecified atom stereocenters. The fourth-order valence-corrected chi connectivity index (χ4v) is 3.79. The Labute approximate surface area is 148 Å². The number of nitrogen functional groups attached to an aromatic ring is 1. The van der Waals surface area contributed by atoms with Gasteiger partial charge in [0.05, 0.1) is 11.2 Å². The van der Waals surface area contributed by atoms with Gasteiger partial charge in [-0.15, -0.1) is 11.3 Å². The van der Waals surface area contributed by atoms with Crippen molar-refractivity contribution in [2.75, 3.05) is 18.9 Å². The summed E-state index contributed by atoms with van der Waals surface area (Å²) in [6.45, 7) is 5.07. The van der Waals surface area contributed by atoms with Crippen molar-refractivity contribution in [1.82, 2.24) is 10.3 Å². The lowest BCUT2D eigenvalue weighted by Gasteiger charge is -2.18. The number of thiophene rings is 1. The van der Waals surface area contributed by atoms with Gasteiger partial charge in [-0.2, -0.15) is 0 Å². The normalized spacial score (nSPS) is 14.6. The van der Waals surface area contributed by atoms with Gasteiger partial charge >= 0.3 is 0 Å². The summed E-state index contributed by atoms with van der Waals surface area (Å²) in [5.74, 6) is 1.26. The number of pyridine rings is 1. The zero-order valence-electron chi connectivity index (χ0n) is 14.1. The van der Waals surface area contributed by atoms with Gasteiger partial charge in [-0.3, -0.25) is 4.79 Å². The van der Waals surface area contributed by atoms with E-state index in [9.17, 15) is 4.79 Å². The Morgan fingerprint density at radius 2 is 2.04 bits per heavy atom. The van der Waals surface area contributed by atoms with E-state index in [4.69, 9.17) is 15.2 Å².